The van der Waals surface area contributed by atoms with E-state index in [2.05, 4.69) is 5.32 Å². The fraction of sp³-hybridized carbons (Fsp3) is 0.333. The lowest BCUT2D eigenvalue weighted by atomic mass is 10.7. The molecule has 4 nitrogen and oxygen atoms in total. The molecule has 0 aliphatic carbocycles. The summed E-state index contributed by atoms with van der Waals surface area (Å²) in [6.45, 7) is 0.124. The van der Waals surface area contributed by atoms with E-state index in [4.69, 9.17) is 0 Å². The quantitative estimate of drug-likeness (QED) is 0.431. The maximum absolute atomic E-state index is 10.1. The number of carbonyl (C=O) groups is 2. The van der Waals surface area contributed by atoms with Crippen LogP contribution in [-0.2, 0) is 4.79 Å². The number of hydrogen-bond donors (Lipinski definition) is 2. The highest BCUT2D eigenvalue weighted by molar-refractivity contribution is 14.0. The summed E-state index contributed by atoms with van der Waals surface area (Å²) in [6.07, 6.45) is 0. The Kier molecular flexibility index (Phi) is 2.74. The van der Waals surface area contributed by atoms with E-state index in [0.29, 0.717) is 0 Å². The molecule has 46 valence electrons. The van der Waals surface area contributed by atoms with Crippen molar-refractivity contribution < 1.29 is 9.59 Å². The van der Waals surface area contributed by atoms with Gasteiger partial charge in [0.25, 0.3) is 0 Å². The number of halogens is 1. The van der Waals surface area contributed by atoms with Gasteiger partial charge in [-0.05, 0) is 0 Å². The number of rotatable bonds is 0. The molecule has 0 saturated carbocycles. The smallest absolute Gasteiger partial charge is 0.321 e. The first-order valence-electron chi connectivity index (χ1n) is 1.87. The number of hydrogen-bond acceptors (Lipinski definition) is 2. The predicted molar refractivity (Wildman–Crippen MR) is 37.0 cm³/mol. The molecule has 1 aliphatic heterocycles. The van der Waals surface area contributed by atoms with Crippen LogP contribution in [0.3, 0.4) is 0 Å². The van der Waals surface area contributed by atoms with E-state index >= 15 is 0 Å². The topological polar surface area (TPSA) is 58.2 Å². The SMILES string of the molecule is I.O=C1CNC(=O)N1. The standard InChI is InChI=1S/C3H4N2O2.HI/c6-2-1-4-3(7)5-2;/h1H2,(H2,4,5,6,7);1H. The van der Waals surface area contributed by atoms with Crippen molar-refractivity contribution >= 4 is 35.9 Å². The first-order chi connectivity index (χ1) is 3.29. The average molecular weight is 228 g/mol. The Labute approximate surface area is 63.0 Å². The zero-order valence-electron chi connectivity index (χ0n) is 3.93. The highest BCUT2D eigenvalue weighted by atomic mass is 127. The molecule has 0 radical (unpaired) electrons. The van der Waals surface area contributed by atoms with E-state index in [1.165, 1.54) is 0 Å². The van der Waals surface area contributed by atoms with E-state index in [9.17, 15) is 9.59 Å². The molecule has 1 saturated heterocycles. The Morgan fingerprint density at radius 3 is 2.12 bits per heavy atom. The number of nitrogens with one attached hydrogen (secondary N) is 2. The summed E-state index contributed by atoms with van der Waals surface area (Å²) < 4.78 is 0. The first kappa shape index (κ1) is 7.67. The molecule has 1 aliphatic rings. The van der Waals surface area contributed by atoms with Crippen LogP contribution in [0.2, 0.25) is 0 Å². The lowest BCUT2D eigenvalue weighted by molar-refractivity contribution is -0.117. The van der Waals surface area contributed by atoms with Gasteiger partial charge in [0.05, 0.1) is 6.54 Å². The van der Waals surface area contributed by atoms with Crippen LogP contribution < -0.4 is 10.6 Å². The van der Waals surface area contributed by atoms with Crippen LogP contribution in [0.1, 0.15) is 0 Å². The summed E-state index contributed by atoms with van der Waals surface area (Å²) >= 11 is 0. The number of carbonyl (C=O) groups excluding carboxylic acids is 2. The zero-order chi connectivity index (χ0) is 5.28. The van der Waals surface area contributed by atoms with Crippen LogP contribution >= 0.6 is 24.0 Å². The second-order valence-corrected chi connectivity index (χ2v) is 1.23. The minimum absolute atomic E-state index is 0. The van der Waals surface area contributed by atoms with Gasteiger partial charge in [0.2, 0.25) is 5.91 Å². The molecule has 0 aromatic heterocycles. The van der Waals surface area contributed by atoms with Crippen LogP contribution in [0.4, 0.5) is 4.79 Å². The van der Waals surface area contributed by atoms with Crippen LogP contribution in [0, 0.1) is 0 Å². The van der Waals surface area contributed by atoms with Gasteiger partial charge in [-0.1, -0.05) is 0 Å². The Bertz CT molecular complexity index is 110. The van der Waals surface area contributed by atoms with Crippen molar-refractivity contribution in [1.82, 2.24) is 10.6 Å². The lowest BCUT2D eigenvalue weighted by Crippen LogP contribution is -2.22. The van der Waals surface area contributed by atoms with Gasteiger partial charge in [-0.2, -0.15) is 0 Å². The van der Waals surface area contributed by atoms with E-state index < -0.39 is 6.03 Å². The van der Waals surface area contributed by atoms with Gasteiger partial charge < -0.3 is 5.32 Å². The summed E-state index contributed by atoms with van der Waals surface area (Å²) in [5, 5.41) is 4.30. The molecule has 0 spiro atoms. The van der Waals surface area contributed by atoms with Crippen molar-refractivity contribution in [2.24, 2.45) is 0 Å². The van der Waals surface area contributed by atoms with Gasteiger partial charge in [-0.15, -0.1) is 24.0 Å². The molecule has 8 heavy (non-hydrogen) atoms. The van der Waals surface area contributed by atoms with Gasteiger partial charge >= 0.3 is 6.03 Å². The molecular formula is C3H5IN2O2. The molecule has 0 atom stereocenters. The van der Waals surface area contributed by atoms with Crippen LogP contribution in [0.25, 0.3) is 0 Å². The fourth-order valence-corrected chi connectivity index (χ4v) is 0.376. The van der Waals surface area contributed by atoms with E-state index in [1.807, 2.05) is 5.32 Å². The maximum Gasteiger partial charge on any atom is 0.321 e. The molecule has 3 amide bonds. The van der Waals surface area contributed by atoms with Crippen molar-refractivity contribution in [3.05, 3.63) is 0 Å². The summed E-state index contributed by atoms with van der Waals surface area (Å²) in [6, 6.07) is -0.398. The molecule has 2 N–H and O–H groups in total. The minimum Gasteiger partial charge on any atom is -0.329 e. The second kappa shape index (κ2) is 2.85. The van der Waals surface area contributed by atoms with Crippen molar-refractivity contribution in [3.63, 3.8) is 0 Å². The molecule has 1 rings (SSSR count). The van der Waals surface area contributed by atoms with Gasteiger partial charge in [-0.25, -0.2) is 4.79 Å². The Hall–Kier alpha value is -0.330. The molecular weight excluding hydrogens is 223 g/mol. The molecule has 0 bridgehead atoms. The summed E-state index contributed by atoms with van der Waals surface area (Å²) in [5.74, 6) is -0.259. The van der Waals surface area contributed by atoms with Crippen LogP contribution in [0.5, 0.6) is 0 Å². The molecule has 1 fully saturated rings. The van der Waals surface area contributed by atoms with Gasteiger partial charge in [-0.3, -0.25) is 10.1 Å². The summed E-state index contributed by atoms with van der Waals surface area (Å²) in [5.41, 5.74) is 0. The third kappa shape index (κ3) is 1.65. The molecule has 0 aromatic carbocycles. The Balaban J connectivity index is 0.000000490. The third-order valence-corrected chi connectivity index (χ3v) is 0.662. The molecule has 5 heteroatoms. The van der Waals surface area contributed by atoms with Crippen molar-refractivity contribution in [2.75, 3.05) is 6.54 Å². The monoisotopic (exact) mass is 228 g/mol. The molecule has 0 unspecified atom stereocenters. The van der Waals surface area contributed by atoms with E-state index in [0.717, 1.165) is 0 Å². The highest BCUT2D eigenvalue weighted by Crippen LogP contribution is 1.73. The largest absolute Gasteiger partial charge is 0.329 e. The zero-order valence-corrected chi connectivity index (χ0v) is 6.26. The Morgan fingerprint density at radius 2 is 2.00 bits per heavy atom. The summed E-state index contributed by atoms with van der Waals surface area (Å²) in [7, 11) is 0. The van der Waals surface area contributed by atoms with E-state index in [-0.39, 0.29) is 36.4 Å². The Morgan fingerprint density at radius 1 is 1.38 bits per heavy atom. The molecule has 1 heterocycles. The van der Waals surface area contributed by atoms with Crippen molar-refractivity contribution in [3.8, 4) is 0 Å². The highest BCUT2D eigenvalue weighted by Gasteiger charge is 2.14. The first-order valence-corrected chi connectivity index (χ1v) is 1.87. The van der Waals surface area contributed by atoms with Crippen LogP contribution in [0.15, 0.2) is 0 Å². The van der Waals surface area contributed by atoms with Gasteiger partial charge in [0.15, 0.2) is 0 Å². The van der Waals surface area contributed by atoms with Gasteiger partial charge in [0, 0.05) is 0 Å². The molecule has 0 aromatic rings. The van der Waals surface area contributed by atoms with E-state index in [1.54, 1.807) is 0 Å². The predicted octanol–water partition coefficient (Wildman–Crippen LogP) is -0.556. The third-order valence-electron chi connectivity index (χ3n) is 0.662. The average Bonchev–Trinajstić information content (AvgIpc) is 1.87. The number of amides is 3. The maximum atomic E-state index is 10.1. The van der Waals surface area contributed by atoms with Crippen molar-refractivity contribution in [1.29, 1.82) is 0 Å². The second-order valence-electron chi connectivity index (χ2n) is 1.23. The van der Waals surface area contributed by atoms with Crippen LogP contribution in [-0.4, -0.2) is 18.5 Å². The normalized spacial score (nSPS) is 16.5. The summed E-state index contributed by atoms with van der Waals surface area (Å²) in [4.78, 5) is 20.1. The number of imide groups is 1. The van der Waals surface area contributed by atoms with Gasteiger partial charge in [0.1, 0.15) is 0 Å². The minimum atomic E-state index is -0.398. The lowest BCUT2D eigenvalue weighted by Gasteiger charge is -1.78. The van der Waals surface area contributed by atoms with Crippen molar-refractivity contribution in [2.45, 2.75) is 0 Å². The number of urea groups is 1. The fourth-order valence-electron chi connectivity index (χ4n) is 0.376.